The van der Waals surface area contributed by atoms with Crippen LogP contribution in [0.5, 0.6) is 0 Å². The molecule has 0 bridgehead atoms. The number of nitriles is 1. The Morgan fingerprint density at radius 2 is 2.50 bits per heavy atom. The summed E-state index contributed by atoms with van der Waals surface area (Å²) in [6.07, 6.45) is 5.15. The van der Waals surface area contributed by atoms with Crippen molar-refractivity contribution in [3.63, 3.8) is 0 Å². The van der Waals surface area contributed by atoms with Crippen molar-refractivity contribution in [2.75, 3.05) is 18.5 Å². The van der Waals surface area contributed by atoms with Gasteiger partial charge in [0.2, 0.25) is 0 Å². The Kier molecular flexibility index (Phi) is 3.67. The van der Waals surface area contributed by atoms with Gasteiger partial charge >= 0.3 is 0 Å². The highest BCUT2D eigenvalue weighted by atomic mass is 16.5. The van der Waals surface area contributed by atoms with Crippen LogP contribution in [0.15, 0.2) is 12.3 Å². The monoisotopic (exact) mass is 218 g/mol. The molecular formula is C11H14N4O. The fourth-order valence-corrected chi connectivity index (χ4v) is 1.73. The van der Waals surface area contributed by atoms with Crippen molar-refractivity contribution in [3.05, 3.63) is 17.8 Å². The van der Waals surface area contributed by atoms with Crippen molar-refractivity contribution in [1.82, 2.24) is 10.2 Å². The van der Waals surface area contributed by atoms with E-state index >= 15 is 0 Å². The summed E-state index contributed by atoms with van der Waals surface area (Å²) in [5.74, 6) is 0.541. The lowest BCUT2D eigenvalue weighted by Gasteiger charge is -2.22. The third-order valence-electron chi connectivity index (χ3n) is 2.61. The molecule has 1 aromatic heterocycles. The first-order valence-electron chi connectivity index (χ1n) is 5.47. The zero-order chi connectivity index (χ0) is 11.2. The summed E-state index contributed by atoms with van der Waals surface area (Å²) in [5, 5.41) is 19.6. The molecule has 0 aliphatic carbocycles. The molecule has 0 radical (unpaired) electrons. The van der Waals surface area contributed by atoms with Crippen LogP contribution in [0.2, 0.25) is 0 Å². The Balaban J connectivity index is 1.91. The van der Waals surface area contributed by atoms with E-state index in [4.69, 9.17) is 10.00 Å². The van der Waals surface area contributed by atoms with Gasteiger partial charge in [0.25, 0.3) is 0 Å². The molecule has 5 heteroatoms. The maximum absolute atomic E-state index is 8.87. The molecule has 0 saturated carbocycles. The zero-order valence-electron chi connectivity index (χ0n) is 9.02. The lowest BCUT2D eigenvalue weighted by Crippen LogP contribution is -2.27. The first-order chi connectivity index (χ1) is 7.90. The molecule has 1 unspecified atom stereocenters. The maximum Gasteiger partial charge on any atom is 0.166 e. The van der Waals surface area contributed by atoms with E-state index in [0.717, 1.165) is 19.4 Å². The van der Waals surface area contributed by atoms with Gasteiger partial charge in [0, 0.05) is 13.2 Å². The molecule has 0 spiro atoms. The predicted molar refractivity (Wildman–Crippen MR) is 58.8 cm³/mol. The normalized spacial score (nSPS) is 20.1. The van der Waals surface area contributed by atoms with Gasteiger partial charge in [-0.3, -0.25) is 0 Å². The van der Waals surface area contributed by atoms with E-state index in [1.807, 2.05) is 0 Å². The van der Waals surface area contributed by atoms with Gasteiger partial charge in [-0.15, -0.1) is 5.10 Å². The van der Waals surface area contributed by atoms with Gasteiger partial charge in [0.1, 0.15) is 6.07 Å². The number of nitrogens with one attached hydrogen (secondary N) is 1. The number of hydrogen-bond donors (Lipinski definition) is 1. The van der Waals surface area contributed by atoms with Crippen LogP contribution in [0.3, 0.4) is 0 Å². The summed E-state index contributed by atoms with van der Waals surface area (Å²) in [6.45, 7) is 1.52. The summed E-state index contributed by atoms with van der Waals surface area (Å²) in [5.41, 5.74) is 0.519. The van der Waals surface area contributed by atoms with Crippen molar-refractivity contribution in [3.8, 4) is 6.07 Å². The minimum absolute atomic E-state index is 0.224. The van der Waals surface area contributed by atoms with Crippen LogP contribution in [0, 0.1) is 11.3 Å². The van der Waals surface area contributed by atoms with E-state index in [1.54, 1.807) is 6.07 Å². The molecule has 1 saturated heterocycles. The van der Waals surface area contributed by atoms with Crippen LogP contribution in [0.1, 0.15) is 24.8 Å². The van der Waals surface area contributed by atoms with Gasteiger partial charge in [0.05, 0.1) is 17.9 Å². The molecule has 5 nitrogen and oxygen atoms in total. The number of aromatic nitrogens is 2. The Labute approximate surface area is 94.4 Å². The highest BCUT2D eigenvalue weighted by molar-refractivity contribution is 5.50. The minimum atomic E-state index is 0.224. The molecule has 2 rings (SSSR count). The van der Waals surface area contributed by atoms with E-state index < -0.39 is 0 Å². The first kappa shape index (κ1) is 10.8. The number of rotatable bonds is 3. The van der Waals surface area contributed by atoms with E-state index in [2.05, 4.69) is 21.6 Å². The number of nitrogens with zero attached hydrogens (tertiary/aromatic N) is 3. The molecule has 1 atom stereocenters. The average Bonchev–Trinajstić information content (AvgIpc) is 2.38. The van der Waals surface area contributed by atoms with Gasteiger partial charge in [-0.1, -0.05) is 0 Å². The van der Waals surface area contributed by atoms with Gasteiger partial charge in [-0.2, -0.15) is 10.4 Å². The summed E-state index contributed by atoms with van der Waals surface area (Å²) in [6, 6.07) is 3.73. The third-order valence-corrected chi connectivity index (χ3v) is 2.61. The van der Waals surface area contributed by atoms with Crippen LogP contribution in [-0.4, -0.2) is 29.5 Å². The second-order valence-electron chi connectivity index (χ2n) is 3.77. The fourth-order valence-electron chi connectivity index (χ4n) is 1.73. The van der Waals surface area contributed by atoms with Gasteiger partial charge in [-0.05, 0) is 25.3 Å². The first-order valence-corrected chi connectivity index (χ1v) is 5.47. The summed E-state index contributed by atoms with van der Waals surface area (Å²) in [7, 11) is 0. The number of ether oxygens (including phenoxy) is 1. The summed E-state index contributed by atoms with van der Waals surface area (Å²) in [4.78, 5) is 0. The van der Waals surface area contributed by atoms with E-state index in [9.17, 15) is 0 Å². The summed E-state index contributed by atoms with van der Waals surface area (Å²) >= 11 is 0. The molecule has 2 heterocycles. The quantitative estimate of drug-likeness (QED) is 0.828. The third kappa shape index (κ3) is 2.67. The van der Waals surface area contributed by atoms with Crippen LogP contribution in [0.25, 0.3) is 0 Å². The number of anilines is 1. The van der Waals surface area contributed by atoms with E-state index in [-0.39, 0.29) is 6.10 Å². The van der Waals surface area contributed by atoms with Crippen molar-refractivity contribution < 1.29 is 4.74 Å². The largest absolute Gasteiger partial charge is 0.376 e. The molecule has 0 aromatic carbocycles. The highest BCUT2D eigenvalue weighted by Crippen LogP contribution is 2.14. The standard InChI is InChI=1S/C11H14N4O/c12-7-9-4-5-14-15-11(9)13-8-10-3-1-2-6-16-10/h4-5,10H,1-3,6,8H2,(H,13,15). The molecule has 1 aromatic rings. The van der Waals surface area contributed by atoms with Crippen LogP contribution < -0.4 is 5.32 Å². The molecule has 16 heavy (non-hydrogen) atoms. The zero-order valence-corrected chi connectivity index (χ0v) is 9.02. The van der Waals surface area contributed by atoms with Crippen molar-refractivity contribution in [1.29, 1.82) is 5.26 Å². The fraction of sp³-hybridized carbons (Fsp3) is 0.545. The topological polar surface area (TPSA) is 70.8 Å². The molecular weight excluding hydrogens is 204 g/mol. The Hall–Kier alpha value is -1.67. The van der Waals surface area contributed by atoms with E-state index in [0.29, 0.717) is 17.9 Å². The van der Waals surface area contributed by atoms with Crippen molar-refractivity contribution in [2.45, 2.75) is 25.4 Å². The molecule has 0 amide bonds. The molecule has 1 N–H and O–H groups in total. The number of hydrogen-bond acceptors (Lipinski definition) is 5. The van der Waals surface area contributed by atoms with Crippen molar-refractivity contribution >= 4 is 5.82 Å². The molecule has 1 aliphatic rings. The lowest BCUT2D eigenvalue weighted by molar-refractivity contribution is 0.0247. The lowest BCUT2D eigenvalue weighted by atomic mass is 10.1. The van der Waals surface area contributed by atoms with Gasteiger partial charge in [0.15, 0.2) is 5.82 Å². The average molecular weight is 218 g/mol. The molecule has 1 fully saturated rings. The molecule has 84 valence electrons. The smallest absolute Gasteiger partial charge is 0.166 e. The highest BCUT2D eigenvalue weighted by Gasteiger charge is 2.14. The second-order valence-corrected chi connectivity index (χ2v) is 3.77. The van der Waals surface area contributed by atoms with Crippen LogP contribution in [-0.2, 0) is 4.74 Å². The molecule has 1 aliphatic heterocycles. The SMILES string of the molecule is N#Cc1ccnnc1NCC1CCCCO1. The predicted octanol–water partition coefficient (Wildman–Crippen LogP) is 1.33. The van der Waals surface area contributed by atoms with E-state index in [1.165, 1.54) is 12.6 Å². The minimum Gasteiger partial charge on any atom is -0.376 e. The Morgan fingerprint density at radius 1 is 1.56 bits per heavy atom. The van der Waals surface area contributed by atoms with Crippen LogP contribution >= 0.6 is 0 Å². The summed E-state index contributed by atoms with van der Waals surface area (Å²) < 4.78 is 5.58. The Morgan fingerprint density at radius 3 is 3.25 bits per heavy atom. The van der Waals surface area contributed by atoms with Crippen molar-refractivity contribution in [2.24, 2.45) is 0 Å². The van der Waals surface area contributed by atoms with Crippen LogP contribution in [0.4, 0.5) is 5.82 Å². The van der Waals surface area contributed by atoms with Gasteiger partial charge in [-0.25, -0.2) is 0 Å². The Bertz CT molecular complexity index is 382. The van der Waals surface area contributed by atoms with Gasteiger partial charge < -0.3 is 10.1 Å². The maximum atomic E-state index is 8.87. The second kappa shape index (κ2) is 5.42.